The van der Waals surface area contributed by atoms with Gasteiger partial charge in [-0.1, -0.05) is 24.3 Å². The molecule has 2 aromatic carbocycles. The summed E-state index contributed by atoms with van der Waals surface area (Å²) in [6.07, 6.45) is 1.75. The summed E-state index contributed by atoms with van der Waals surface area (Å²) in [6.45, 7) is 3.13. The number of benzene rings is 2. The summed E-state index contributed by atoms with van der Waals surface area (Å²) >= 11 is 0. The Morgan fingerprint density at radius 3 is 2.41 bits per heavy atom. The second-order valence-corrected chi connectivity index (χ2v) is 8.37. The van der Waals surface area contributed by atoms with E-state index in [4.69, 9.17) is 9.47 Å². The smallest absolute Gasteiger partial charge is 0.232 e. The lowest BCUT2D eigenvalue weighted by Gasteiger charge is -2.24. The van der Waals surface area contributed by atoms with Crippen LogP contribution in [-0.2, 0) is 21.4 Å². The minimum absolute atomic E-state index is 0.132. The van der Waals surface area contributed by atoms with Crippen molar-refractivity contribution in [2.45, 2.75) is 26.3 Å². The average Bonchev–Trinajstić information content (AvgIpc) is 2.70. The lowest BCUT2D eigenvalue weighted by molar-refractivity contribution is -0.121. The quantitative estimate of drug-likeness (QED) is 0.604. The SMILES string of the molecule is CCOc1ccc(CNC(=O)CCCN(c2ccccc2OC)S(C)(=O)=O)cc1. The maximum absolute atomic E-state index is 12.2. The molecule has 29 heavy (non-hydrogen) atoms. The highest BCUT2D eigenvalue weighted by Gasteiger charge is 2.20. The van der Waals surface area contributed by atoms with Gasteiger partial charge in [-0.3, -0.25) is 9.10 Å². The fourth-order valence-corrected chi connectivity index (χ4v) is 3.81. The number of para-hydroxylation sites is 2. The van der Waals surface area contributed by atoms with Crippen LogP contribution in [0.4, 0.5) is 5.69 Å². The summed E-state index contributed by atoms with van der Waals surface area (Å²) in [7, 11) is -2.01. The van der Waals surface area contributed by atoms with Gasteiger partial charge >= 0.3 is 0 Å². The molecule has 0 fully saturated rings. The number of carbonyl (C=O) groups excluding carboxylic acids is 1. The molecule has 0 aliphatic heterocycles. The number of nitrogens with zero attached hydrogens (tertiary/aromatic N) is 1. The summed E-state index contributed by atoms with van der Waals surface area (Å²) in [5.41, 5.74) is 1.43. The molecule has 0 aliphatic rings. The van der Waals surface area contributed by atoms with Crippen LogP contribution in [0.15, 0.2) is 48.5 Å². The number of anilines is 1. The minimum atomic E-state index is -3.50. The van der Waals surface area contributed by atoms with Crippen LogP contribution in [0.2, 0.25) is 0 Å². The number of nitrogens with one attached hydrogen (secondary N) is 1. The lowest BCUT2D eigenvalue weighted by Crippen LogP contribution is -2.32. The molecule has 1 N–H and O–H groups in total. The summed E-state index contributed by atoms with van der Waals surface area (Å²) in [5, 5.41) is 2.85. The highest BCUT2D eigenvalue weighted by Crippen LogP contribution is 2.29. The molecular formula is C21H28N2O5S. The normalized spacial score (nSPS) is 11.0. The highest BCUT2D eigenvalue weighted by atomic mass is 32.2. The number of rotatable bonds is 11. The standard InChI is InChI=1S/C21H28N2O5S/c1-4-28-18-13-11-17(12-14-18)16-22-21(24)10-7-15-23(29(3,25)26)19-8-5-6-9-20(19)27-2/h5-6,8-9,11-14H,4,7,10,15-16H2,1-3H3,(H,22,24). The van der Waals surface area contributed by atoms with Crippen LogP contribution in [0, 0.1) is 0 Å². The van der Waals surface area contributed by atoms with E-state index in [1.807, 2.05) is 31.2 Å². The summed E-state index contributed by atoms with van der Waals surface area (Å²) in [6, 6.07) is 14.4. The van der Waals surface area contributed by atoms with Crippen LogP contribution < -0.4 is 19.1 Å². The number of hydrogen-bond acceptors (Lipinski definition) is 5. The number of ether oxygens (including phenoxy) is 2. The molecule has 0 atom stereocenters. The van der Waals surface area contributed by atoms with Crippen molar-refractivity contribution in [3.8, 4) is 11.5 Å². The molecule has 0 saturated carbocycles. The molecule has 0 unspecified atom stereocenters. The molecule has 0 radical (unpaired) electrons. The van der Waals surface area contributed by atoms with Crippen molar-refractivity contribution in [3.63, 3.8) is 0 Å². The fraction of sp³-hybridized carbons (Fsp3) is 0.381. The summed E-state index contributed by atoms with van der Waals surface area (Å²) in [5.74, 6) is 1.13. The van der Waals surface area contributed by atoms with Crippen molar-refractivity contribution in [3.05, 3.63) is 54.1 Å². The largest absolute Gasteiger partial charge is 0.495 e. The van der Waals surface area contributed by atoms with Gasteiger partial charge in [0.2, 0.25) is 15.9 Å². The predicted molar refractivity (Wildman–Crippen MR) is 114 cm³/mol. The Morgan fingerprint density at radius 1 is 1.10 bits per heavy atom. The van der Waals surface area contributed by atoms with Crippen LogP contribution >= 0.6 is 0 Å². The molecule has 0 aromatic heterocycles. The van der Waals surface area contributed by atoms with Gasteiger partial charge in [0.05, 0.1) is 25.7 Å². The first-order chi connectivity index (χ1) is 13.8. The van der Waals surface area contributed by atoms with E-state index in [9.17, 15) is 13.2 Å². The van der Waals surface area contributed by atoms with Crippen LogP contribution in [0.1, 0.15) is 25.3 Å². The predicted octanol–water partition coefficient (Wildman–Crippen LogP) is 2.96. The number of carbonyl (C=O) groups is 1. The Balaban J connectivity index is 1.88. The maximum Gasteiger partial charge on any atom is 0.232 e. The Kier molecular flexibility index (Phi) is 8.33. The Bertz CT molecular complexity index is 898. The van der Waals surface area contributed by atoms with E-state index in [0.29, 0.717) is 31.0 Å². The van der Waals surface area contributed by atoms with E-state index in [-0.39, 0.29) is 18.9 Å². The van der Waals surface area contributed by atoms with Gasteiger partial charge in [-0.05, 0) is 43.2 Å². The first-order valence-electron chi connectivity index (χ1n) is 9.44. The second-order valence-electron chi connectivity index (χ2n) is 6.46. The van der Waals surface area contributed by atoms with Crippen molar-refractivity contribution in [2.24, 2.45) is 0 Å². The molecule has 1 amide bonds. The lowest BCUT2D eigenvalue weighted by atomic mass is 10.2. The Morgan fingerprint density at radius 2 is 1.79 bits per heavy atom. The third-order valence-corrected chi connectivity index (χ3v) is 5.42. The van der Waals surface area contributed by atoms with Gasteiger partial charge in [0.1, 0.15) is 11.5 Å². The van der Waals surface area contributed by atoms with Crippen molar-refractivity contribution in [2.75, 3.05) is 30.8 Å². The average molecular weight is 421 g/mol. The molecule has 2 aromatic rings. The second kappa shape index (κ2) is 10.7. The fourth-order valence-electron chi connectivity index (χ4n) is 2.84. The Labute approximate surface area is 172 Å². The van der Waals surface area contributed by atoms with Crippen molar-refractivity contribution >= 4 is 21.6 Å². The highest BCUT2D eigenvalue weighted by molar-refractivity contribution is 7.92. The van der Waals surface area contributed by atoms with Crippen LogP contribution in [0.5, 0.6) is 11.5 Å². The third-order valence-electron chi connectivity index (χ3n) is 4.24. The zero-order chi connectivity index (χ0) is 21.3. The third kappa shape index (κ3) is 6.98. The molecule has 0 spiro atoms. The van der Waals surface area contributed by atoms with Crippen LogP contribution in [-0.4, -0.2) is 40.8 Å². The first-order valence-corrected chi connectivity index (χ1v) is 11.3. The zero-order valence-corrected chi connectivity index (χ0v) is 17.9. The van der Waals surface area contributed by atoms with Gasteiger partial charge in [-0.15, -0.1) is 0 Å². The number of hydrogen-bond donors (Lipinski definition) is 1. The van der Waals surface area contributed by atoms with Crippen molar-refractivity contribution in [1.82, 2.24) is 5.32 Å². The number of methoxy groups -OCH3 is 1. The number of sulfonamides is 1. The molecule has 0 heterocycles. The first kappa shape index (κ1) is 22.5. The molecule has 8 heteroatoms. The molecule has 0 aliphatic carbocycles. The van der Waals surface area contributed by atoms with Crippen molar-refractivity contribution in [1.29, 1.82) is 0 Å². The monoisotopic (exact) mass is 420 g/mol. The van der Waals surface area contributed by atoms with Gasteiger partial charge in [-0.25, -0.2) is 8.42 Å². The minimum Gasteiger partial charge on any atom is -0.495 e. The molecule has 0 saturated heterocycles. The number of amides is 1. The maximum atomic E-state index is 12.2. The van der Waals surface area contributed by atoms with E-state index in [0.717, 1.165) is 17.6 Å². The van der Waals surface area contributed by atoms with Crippen molar-refractivity contribution < 1.29 is 22.7 Å². The molecule has 158 valence electrons. The van der Waals surface area contributed by atoms with E-state index < -0.39 is 10.0 Å². The molecule has 7 nitrogen and oxygen atoms in total. The van der Waals surface area contributed by atoms with Gasteiger partial charge < -0.3 is 14.8 Å². The topological polar surface area (TPSA) is 84.9 Å². The molecule has 0 bridgehead atoms. The van der Waals surface area contributed by atoms with E-state index in [2.05, 4.69) is 5.32 Å². The van der Waals surface area contributed by atoms with Crippen LogP contribution in [0.25, 0.3) is 0 Å². The Hall–Kier alpha value is -2.74. The van der Waals surface area contributed by atoms with E-state index in [1.165, 1.54) is 11.4 Å². The van der Waals surface area contributed by atoms with Crippen LogP contribution in [0.3, 0.4) is 0 Å². The van der Waals surface area contributed by atoms with E-state index in [1.54, 1.807) is 24.3 Å². The summed E-state index contributed by atoms with van der Waals surface area (Å²) in [4.78, 5) is 12.1. The van der Waals surface area contributed by atoms with Gasteiger partial charge in [0.25, 0.3) is 0 Å². The zero-order valence-electron chi connectivity index (χ0n) is 17.1. The van der Waals surface area contributed by atoms with Gasteiger partial charge in [0.15, 0.2) is 0 Å². The summed E-state index contributed by atoms with van der Waals surface area (Å²) < 4.78 is 36.4. The van der Waals surface area contributed by atoms with Gasteiger partial charge in [0, 0.05) is 19.5 Å². The van der Waals surface area contributed by atoms with Gasteiger partial charge in [-0.2, -0.15) is 0 Å². The molecular weight excluding hydrogens is 392 g/mol. The van der Waals surface area contributed by atoms with E-state index >= 15 is 0 Å². The molecule has 2 rings (SSSR count).